The summed E-state index contributed by atoms with van der Waals surface area (Å²) in [6.07, 6.45) is 1.82. The highest BCUT2D eigenvalue weighted by Crippen LogP contribution is 2.26. The van der Waals surface area contributed by atoms with Crippen molar-refractivity contribution < 1.29 is 0 Å². The van der Waals surface area contributed by atoms with Crippen molar-refractivity contribution in [1.29, 1.82) is 0 Å². The quantitative estimate of drug-likeness (QED) is 0.554. The summed E-state index contributed by atoms with van der Waals surface area (Å²) in [6.45, 7) is 0. The van der Waals surface area contributed by atoms with E-state index < -0.39 is 0 Å². The molecule has 0 fully saturated rings. The van der Waals surface area contributed by atoms with E-state index in [2.05, 4.69) is 22.5 Å². The van der Waals surface area contributed by atoms with Crippen molar-refractivity contribution in [1.82, 2.24) is 10.4 Å². The van der Waals surface area contributed by atoms with E-state index in [0.29, 0.717) is 0 Å². The summed E-state index contributed by atoms with van der Waals surface area (Å²) in [7, 11) is 0. The second kappa shape index (κ2) is 5.18. The van der Waals surface area contributed by atoms with Gasteiger partial charge < -0.3 is 0 Å². The van der Waals surface area contributed by atoms with Crippen molar-refractivity contribution >= 4 is 10.8 Å². The Kier molecular flexibility index (Phi) is 3.23. The van der Waals surface area contributed by atoms with E-state index in [1.165, 1.54) is 5.39 Å². The Labute approximate surface area is 112 Å². The van der Waals surface area contributed by atoms with Crippen molar-refractivity contribution in [2.24, 2.45) is 5.84 Å². The van der Waals surface area contributed by atoms with Gasteiger partial charge in [0.25, 0.3) is 0 Å². The van der Waals surface area contributed by atoms with E-state index in [4.69, 9.17) is 5.84 Å². The maximum absolute atomic E-state index is 5.74. The minimum absolute atomic E-state index is 0.104. The molecule has 3 heteroatoms. The molecule has 0 saturated carbocycles. The molecule has 3 N–H and O–H groups in total. The minimum Gasteiger partial charge on any atom is -0.271 e. The molecule has 0 aliphatic heterocycles. The molecular formula is C16H15N3. The van der Waals surface area contributed by atoms with Crippen molar-refractivity contribution in [3.63, 3.8) is 0 Å². The SMILES string of the molecule is NNC(c1ccccc1)c1nccc2ccccc12. The van der Waals surface area contributed by atoms with Gasteiger partial charge >= 0.3 is 0 Å². The molecule has 3 rings (SSSR count). The zero-order valence-corrected chi connectivity index (χ0v) is 10.5. The first kappa shape index (κ1) is 11.8. The average molecular weight is 249 g/mol. The Morgan fingerprint density at radius 3 is 2.42 bits per heavy atom. The first-order valence-electron chi connectivity index (χ1n) is 6.25. The molecule has 1 aromatic heterocycles. The third-order valence-corrected chi connectivity index (χ3v) is 3.28. The van der Waals surface area contributed by atoms with Crippen LogP contribution in [0.25, 0.3) is 10.8 Å². The Balaban J connectivity index is 2.17. The number of aromatic nitrogens is 1. The zero-order chi connectivity index (χ0) is 13.1. The van der Waals surface area contributed by atoms with Crippen LogP contribution in [0.5, 0.6) is 0 Å². The topological polar surface area (TPSA) is 50.9 Å². The molecule has 0 spiro atoms. The van der Waals surface area contributed by atoms with Crippen LogP contribution in [0.4, 0.5) is 0 Å². The number of hydrogen-bond acceptors (Lipinski definition) is 3. The molecule has 2 aromatic carbocycles. The molecule has 19 heavy (non-hydrogen) atoms. The molecule has 3 nitrogen and oxygen atoms in total. The zero-order valence-electron chi connectivity index (χ0n) is 10.5. The molecule has 0 radical (unpaired) electrons. The molecule has 0 aliphatic carbocycles. The highest BCUT2D eigenvalue weighted by molar-refractivity contribution is 5.85. The van der Waals surface area contributed by atoms with Gasteiger partial charge in [0, 0.05) is 11.6 Å². The molecule has 0 aliphatic rings. The molecule has 94 valence electrons. The highest BCUT2D eigenvalue weighted by atomic mass is 15.2. The van der Waals surface area contributed by atoms with E-state index in [1.54, 1.807) is 0 Å². The summed E-state index contributed by atoms with van der Waals surface area (Å²) in [6, 6.07) is 20.2. The van der Waals surface area contributed by atoms with E-state index in [0.717, 1.165) is 16.6 Å². The molecule has 0 bridgehead atoms. The Bertz CT molecular complexity index is 674. The summed E-state index contributed by atoms with van der Waals surface area (Å²) < 4.78 is 0. The second-order valence-corrected chi connectivity index (χ2v) is 4.43. The van der Waals surface area contributed by atoms with Gasteiger partial charge in [0.15, 0.2) is 0 Å². The smallest absolute Gasteiger partial charge is 0.0887 e. The normalized spacial score (nSPS) is 12.5. The molecule has 0 amide bonds. The van der Waals surface area contributed by atoms with Gasteiger partial charge in [-0.2, -0.15) is 0 Å². The van der Waals surface area contributed by atoms with Crippen LogP contribution >= 0.6 is 0 Å². The minimum atomic E-state index is -0.104. The number of pyridine rings is 1. The number of hydrazine groups is 1. The average Bonchev–Trinajstić information content (AvgIpc) is 2.49. The lowest BCUT2D eigenvalue weighted by Gasteiger charge is -2.17. The molecule has 0 saturated heterocycles. The lowest BCUT2D eigenvalue weighted by atomic mass is 9.99. The third kappa shape index (κ3) is 2.21. The van der Waals surface area contributed by atoms with Gasteiger partial charge in [-0.3, -0.25) is 10.8 Å². The van der Waals surface area contributed by atoms with Crippen LogP contribution in [0.2, 0.25) is 0 Å². The van der Waals surface area contributed by atoms with Crippen molar-refractivity contribution in [2.45, 2.75) is 6.04 Å². The van der Waals surface area contributed by atoms with Crippen LogP contribution in [0.1, 0.15) is 17.3 Å². The predicted octanol–water partition coefficient (Wildman–Crippen LogP) is 2.79. The summed E-state index contributed by atoms with van der Waals surface area (Å²) >= 11 is 0. The first-order valence-corrected chi connectivity index (χ1v) is 6.25. The maximum atomic E-state index is 5.74. The molecular weight excluding hydrogens is 234 g/mol. The highest BCUT2D eigenvalue weighted by Gasteiger charge is 2.15. The largest absolute Gasteiger partial charge is 0.271 e. The molecule has 1 atom stereocenters. The molecule has 1 unspecified atom stereocenters. The standard InChI is InChI=1S/C16H15N3/c17-19-15(13-7-2-1-3-8-13)16-14-9-5-4-6-12(14)10-11-18-16/h1-11,15,19H,17H2. The van der Waals surface area contributed by atoms with Gasteiger partial charge in [-0.15, -0.1) is 0 Å². The van der Waals surface area contributed by atoms with Crippen molar-refractivity contribution in [2.75, 3.05) is 0 Å². The Morgan fingerprint density at radius 1 is 0.895 bits per heavy atom. The van der Waals surface area contributed by atoms with Crippen LogP contribution < -0.4 is 11.3 Å². The Hall–Kier alpha value is -2.23. The molecule has 1 heterocycles. The van der Waals surface area contributed by atoms with E-state index in [9.17, 15) is 0 Å². The summed E-state index contributed by atoms with van der Waals surface area (Å²) in [5.41, 5.74) is 4.92. The number of nitrogens with zero attached hydrogens (tertiary/aromatic N) is 1. The lowest BCUT2D eigenvalue weighted by Crippen LogP contribution is -2.29. The number of fused-ring (bicyclic) bond motifs is 1. The van der Waals surface area contributed by atoms with Crippen molar-refractivity contribution in [3.05, 3.63) is 78.1 Å². The summed E-state index contributed by atoms with van der Waals surface area (Å²) in [4.78, 5) is 4.51. The van der Waals surface area contributed by atoms with E-state index in [1.807, 2.05) is 54.7 Å². The van der Waals surface area contributed by atoms with Crippen molar-refractivity contribution in [3.8, 4) is 0 Å². The number of hydrogen-bond donors (Lipinski definition) is 2. The summed E-state index contributed by atoms with van der Waals surface area (Å²) in [5.74, 6) is 5.74. The van der Waals surface area contributed by atoms with Gasteiger partial charge in [0.05, 0.1) is 11.7 Å². The van der Waals surface area contributed by atoms with Gasteiger partial charge in [0.1, 0.15) is 0 Å². The fraction of sp³-hybridized carbons (Fsp3) is 0.0625. The van der Waals surface area contributed by atoms with Gasteiger partial charge in [-0.1, -0.05) is 54.6 Å². The van der Waals surface area contributed by atoms with Crippen LogP contribution in [0.15, 0.2) is 66.9 Å². The molecule has 3 aromatic rings. The predicted molar refractivity (Wildman–Crippen MR) is 77.4 cm³/mol. The van der Waals surface area contributed by atoms with Crippen LogP contribution in [-0.4, -0.2) is 4.98 Å². The monoisotopic (exact) mass is 249 g/mol. The first-order chi connectivity index (χ1) is 9.40. The third-order valence-electron chi connectivity index (χ3n) is 3.28. The van der Waals surface area contributed by atoms with Gasteiger partial charge in [0.2, 0.25) is 0 Å². The maximum Gasteiger partial charge on any atom is 0.0887 e. The number of nitrogens with two attached hydrogens (primary N) is 1. The fourth-order valence-electron chi connectivity index (χ4n) is 2.35. The van der Waals surface area contributed by atoms with Crippen LogP contribution in [0, 0.1) is 0 Å². The van der Waals surface area contributed by atoms with Gasteiger partial charge in [-0.05, 0) is 17.0 Å². The number of nitrogens with one attached hydrogen (secondary N) is 1. The second-order valence-electron chi connectivity index (χ2n) is 4.43. The van der Waals surface area contributed by atoms with Gasteiger partial charge in [-0.25, -0.2) is 5.43 Å². The lowest BCUT2D eigenvalue weighted by molar-refractivity contribution is 0.626. The number of rotatable bonds is 3. The van der Waals surface area contributed by atoms with E-state index in [-0.39, 0.29) is 6.04 Å². The van der Waals surface area contributed by atoms with E-state index >= 15 is 0 Å². The Morgan fingerprint density at radius 2 is 1.63 bits per heavy atom. The fourth-order valence-corrected chi connectivity index (χ4v) is 2.35. The van der Waals surface area contributed by atoms with Crippen LogP contribution in [-0.2, 0) is 0 Å². The van der Waals surface area contributed by atoms with Crippen LogP contribution in [0.3, 0.4) is 0 Å². The number of benzene rings is 2. The summed E-state index contributed by atoms with van der Waals surface area (Å²) in [5, 5.41) is 2.29.